The maximum Gasteiger partial charge on any atom is 0.326 e. The Hall–Kier alpha value is -2.83. The second-order valence-corrected chi connectivity index (χ2v) is 7.69. The normalized spacial score (nSPS) is 18.7. The molecule has 0 spiro atoms. The van der Waals surface area contributed by atoms with Crippen molar-refractivity contribution in [3.05, 3.63) is 58.6 Å². The van der Waals surface area contributed by atoms with Crippen LogP contribution in [0.5, 0.6) is 5.75 Å². The second kappa shape index (κ2) is 8.90. The third-order valence-corrected chi connectivity index (χ3v) is 5.71. The molecule has 6 nitrogen and oxygen atoms in total. The largest absolute Gasteiger partial charge is 0.480 e. The van der Waals surface area contributed by atoms with Gasteiger partial charge in [-0.3, -0.25) is 4.79 Å². The summed E-state index contributed by atoms with van der Waals surface area (Å²) in [4.78, 5) is 35.8. The molecule has 2 aliphatic rings. The van der Waals surface area contributed by atoms with Gasteiger partial charge in [0.15, 0.2) is 5.75 Å². The Morgan fingerprint density at radius 3 is 2.97 bits per heavy atom. The SMILES string of the molecule is O=C(O)C1CCCCN1C(=O)/C=C/c1cc[c]c(Cl)c1-c1ccc2c(c1)CCOO2. The van der Waals surface area contributed by atoms with Crippen LogP contribution in [0.15, 0.2) is 36.4 Å². The summed E-state index contributed by atoms with van der Waals surface area (Å²) < 4.78 is 0. The molecule has 1 atom stereocenters. The summed E-state index contributed by atoms with van der Waals surface area (Å²) in [5, 5.41) is 9.85. The van der Waals surface area contributed by atoms with Crippen LogP contribution in [0.2, 0.25) is 5.02 Å². The minimum absolute atomic E-state index is 0.312. The van der Waals surface area contributed by atoms with E-state index in [2.05, 4.69) is 6.07 Å². The van der Waals surface area contributed by atoms with Gasteiger partial charge in [0.25, 0.3) is 0 Å². The van der Waals surface area contributed by atoms with E-state index in [0.29, 0.717) is 30.3 Å². The van der Waals surface area contributed by atoms with Crippen LogP contribution < -0.4 is 4.89 Å². The molecule has 2 aliphatic heterocycles. The van der Waals surface area contributed by atoms with E-state index in [4.69, 9.17) is 21.4 Å². The highest BCUT2D eigenvalue weighted by molar-refractivity contribution is 6.33. The van der Waals surface area contributed by atoms with Gasteiger partial charge < -0.3 is 14.9 Å². The number of aliphatic carboxylic acids is 1. The van der Waals surface area contributed by atoms with Crippen LogP contribution in [-0.2, 0) is 20.9 Å². The van der Waals surface area contributed by atoms with Crippen LogP contribution in [0.25, 0.3) is 17.2 Å². The molecule has 1 unspecified atom stereocenters. The summed E-state index contributed by atoms with van der Waals surface area (Å²) in [7, 11) is 0. The number of hydrogen-bond acceptors (Lipinski definition) is 4. The van der Waals surface area contributed by atoms with Crippen LogP contribution in [0.4, 0.5) is 0 Å². The fourth-order valence-electron chi connectivity index (χ4n) is 3.90. The zero-order valence-corrected chi connectivity index (χ0v) is 17.0. The van der Waals surface area contributed by atoms with Crippen LogP contribution >= 0.6 is 11.6 Å². The molecule has 2 heterocycles. The molecule has 1 N–H and O–H groups in total. The molecule has 0 aromatic heterocycles. The van der Waals surface area contributed by atoms with Crippen molar-refractivity contribution in [1.29, 1.82) is 0 Å². The number of carbonyl (C=O) groups excluding carboxylic acids is 1. The minimum atomic E-state index is -0.963. The Bertz CT molecular complexity index is 1000. The second-order valence-electron chi connectivity index (χ2n) is 7.31. The van der Waals surface area contributed by atoms with Crippen molar-refractivity contribution in [3.8, 4) is 16.9 Å². The molecule has 1 amide bonds. The lowest BCUT2D eigenvalue weighted by Gasteiger charge is -2.32. The molecular formula is C23H21ClNO5. The predicted molar refractivity (Wildman–Crippen MR) is 112 cm³/mol. The Labute approximate surface area is 179 Å². The zero-order chi connectivity index (χ0) is 21.1. The third kappa shape index (κ3) is 4.20. The van der Waals surface area contributed by atoms with E-state index in [1.165, 1.54) is 11.0 Å². The van der Waals surface area contributed by atoms with E-state index < -0.39 is 12.0 Å². The molecule has 4 rings (SSSR count). The van der Waals surface area contributed by atoms with E-state index in [1.54, 1.807) is 12.1 Å². The Balaban J connectivity index is 1.63. The first-order valence-electron chi connectivity index (χ1n) is 9.89. The smallest absolute Gasteiger partial charge is 0.326 e. The summed E-state index contributed by atoms with van der Waals surface area (Å²) in [5.74, 6) is -0.596. The number of piperidine rings is 1. The first kappa shape index (κ1) is 20.4. The number of nitrogens with zero attached hydrogens (tertiary/aromatic N) is 1. The summed E-state index contributed by atoms with van der Waals surface area (Å²) in [6.07, 6.45) is 5.93. The van der Waals surface area contributed by atoms with Crippen molar-refractivity contribution >= 4 is 29.6 Å². The van der Waals surface area contributed by atoms with Crippen LogP contribution in [-0.4, -0.2) is 41.1 Å². The number of rotatable bonds is 4. The number of halogens is 1. The first-order chi connectivity index (χ1) is 14.5. The number of likely N-dealkylation sites (tertiary alicyclic amines) is 1. The molecule has 7 heteroatoms. The molecule has 2 aromatic carbocycles. The van der Waals surface area contributed by atoms with E-state index in [1.807, 2.05) is 24.3 Å². The summed E-state index contributed by atoms with van der Waals surface area (Å²) in [6.45, 7) is 0.927. The molecule has 0 saturated carbocycles. The van der Waals surface area contributed by atoms with Gasteiger partial charge in [0, 0.05) is 36.2 Å². The monoisotopic (exact) mass is 426 g/mol. The molecule has 30 heavy (non-hydrogen) atoms. The van der Waals surface area contributed by atoms with Gasteiger partial charge in [0.2, 0.25) is 5.91 Å². The third-order valence-electron chi connectivity index (χ3n) is 5.41. The van der Waals surface area contributed by atoms with E-state index in [0.717, 1.165) is 41.5 Å². The standard InChI is InChI=1S/C23H21ClNO5/c24-18-5-3-4-15(8-10-21(26)25-12-2-1-6-19(25)23(27)28)22(18)17-7-9-20-16(14-17)11-13-29-30-20/h3-4,7-10,14,19H,1-2,6,11-13H2,(H,27,28)/b10-8+. The fourth-order valence-corrected chi connectivity index (χ4v) is 4.18. The zero-order valence-electron chi connectivity index (χ0n) is 16.3. The first-order valence-corrected chi connectivity index (χ1v) is 10.3. The van der Waals surface area contributed by atoms with Crippen molar-refractivity contribution < 1.29 is 24.5 Å². The molecule has 155 valence electrons. The summed E-state index contributed by atoms with van der Waals surface area (Å²) in [5.41, 5.74) is 3.41. The van der Waals surface area contributed by atoms with Crippen molar-refractivity contribution in [2.24, 2.45) is 0 Å². The topological polar surface area (TPSA) is 76.1 Å². The van der Waals surface area contributed by atoms with Crippen molar-refractivity contribution in [3.63, 3.8) is 0 Å². The molecule has 1 saturated heterocycles. The van der Waals surface area contributed by atoms with Gasteiger partial charge in [-0.1, -0.05) is 29.8 Å². The number of amides is 1. The number of carboxylic acids is 1. The number of benzene rings is 2. The number of carboxylic acid groups (broad SMARTS) is 1. The van der Waals surface area contributed by atoms with Gasteiger partial charge in [-0.25, -0.2) is 4.79 Å². The van der Waals surface area contributed by atoms with Crippen LogP contribution in [0, 0.1) is 6.07 Å². The average molecular weight is 427 g/mol. The van der Waals surface area contributed by atoms with E-state index in [9.17, 15) is 14.7 Å². The highest BCUT2D eigenvalue weighted by atomic mass is 35.5. The summed E-state index contributed by atoms with van der Waals surface area (Å²) >= 11 is 6.46. The lowest BCUT2D eigenvalue weighted by molar-refractivity contribution is -0.215. The Kier molecular flexibility index (Phi) is 6.06. The van der Waals surface area contributed by atoms with Crippen LogP contribution in [0.3, 0.4) is 0 Å². The molecule has 1 radical (unpaired) electrons. The maximum atomic E-state index is 12.7. The summed E-state index contributed by atoms with van der Waals surface area (Å²) in [6, 6.07) is 11.5. The van der Waals surface area contributed by atoms with Gasteiger partial charge >= 0.3 is 5.97 Å². The number of carbonyl (C=O) groups is 2. The van der Waals surface area contributed by atoms with Gasteiger partial charge in [0.05, 0.1) is 11.6 Å². The maximum absolute atomic E-state index is 12.7. The Morgan fingerprint density at radius 1 is 1.27 bits per heavy atom. The van der Waals surface area contributed by atoms with Crippen LogP contribution in [0.1, 0.15) is 30.4 Å². The molecule has 0 bridgehead atoms. The van der Waals surface area contributed by atoms with Gasteiger partial charge in [-0.2, -0.15) is 4.89 Å². The predicted octanol–water partition coefficient (Wildman–Crippen LogP) is 4.15. The minimum Gasteiger partial charge on any atom is -0.480 e. The quantitative estimate of drug-likeness (QED) is 0.587. The molecular weight excluding hydrogens is 406 g/mol. The van der Waals surface area contributed by atoms with Gasteiger partial charge in [-0.05, 0) is 48.6 Å². The van der Waals surface area contributed by atoms with Crippen molar-refractivity contribution in [2.45, 2.75) is 31.7 Å². The lowest BCUT2D eigenvalue weighted by Crippen LogP contribution is -2.47. The van der Waals surface area contributed by atoms with Gasteiger partial charge in [-0.15, -0.1) is 0 Å². The molecule has 0 aliphatic carbocycles. The average Bonchev–Trinajstić information content (AvgIpc) is 2.77. The van der Waals surface area contributed by atoms with Crippen molar-refractivity contribution in [1.82, 2.24) is 4.90 Å². The van der Waals surface area contributed by atoms with Crippen molar-refractivity contribution in [2.75, 3.05) is 13.2 Å². The molecule has 2 aromatic rings. The number of fused-ring (bicyclic) bond motifs is 1. The lowest BCUT2D eigenvalue weighted by atomic mass is 9.96. The van der Waals surface area contributed by atoms with E-state index >= 15 is 0 Å². The highest BCUT2D eigenvalue weighted by Gasteiger charge is 2.30. The molecule has 1 fully saturated rings. The fraction of sp³-hybridized carbons (Fsp3) is 0.304. The van der Waals surface area contributed by atoms with Gasteiger partial charge in [0.1, 0.15) is 6.04 Å². The Morgan fingerprint density at radius 2 is 2.13 bits per heavy atom. The number of hydrogen-bond donors (Lipinski definition) is 1. The highest BCUT2D eigenvalue weighted by Crippen LogP contribution is 2.35. The van der Waals surface area contributed by atoms with E-state index in [-0.39, 0.29) is 5.91 Å².